The molecule has 4 nitrogen and oxygen atoms in total. The van der Waals surface area contributed by atoms with Crippen molar-refractivity contribution >= 4 is 15.9 Å². The van der Waals surface area contributed by atoms with Crippen molar-refractivity contribution in [1.29, 1.82) is 0 Å². The molecule has 0 amide bonds. The molecule has 0 aromatic carbocycles. The van der Waals surface area contributed by atoms with Crippen LogP contribution in [0.15, 0.2) is 23.4 Å². The Morgan fingerprint density at radius 1 is 1.39 bits per heavy atom. The summed E-state index contributed by atoms with van der Waals surface area (Å²) in [5, 5.41) is -0.324. The van der Waals surface area contributed by atoms with E-state index in [9.17, 15) is 12.3 Å². The lowest BCUT2D eigenvalue weighted by Crippen LogP contribution is -2.02. The van der Waals surface area contributed by atoms with E-state index in [1.165, 1.54) is 4.40 Å². The van der Waals surface area contributed by atoms with E-state index in [-0.39, 0.29) is 5.03 Å². The average molecular weight is 270 g/mol. The first-order valence-corrected chi connectivity index (χ1v) is 7.24. The SMILES string of the molecule is CCCCc1nc2ccc(C)cn2c1S(=O)(=O)F. The van der Waals surface area contributed by atoms with Crippen molar-refractivity contribution in [3.8, 4) is 0 Å². The number of hydrogen-bond donors (Lipinski definition) is 0. The lowest BCUT2D eigenvalue weighted by Gasteiger charge is -2.00. The number of aryl methyl sites for hydroxylation is 2. The van der Waals surface area contributed by atoms with Gasteiger partial charge in [-0.05, 0) is 31.4 Å². The van der Waals surface area contributed by atoms with Gasteiger partial charge < -0.3 is 0 Å². The van der Waals surface area contributed by atoms with E-state index in [0.29, 0.717) is 17.8 Å². The summed E-state index contributed by atoms with van der Waals surface area (Å²) in [5.74, 6) is 0. The average Bonchev–Trinajstić information content (AvgIpc) is 2.63. The van der Waals surface area contributed by atoms with Crippen molar-refractivity contribution in [1.82, 2.24) is 9.38 Å². The van der Waals surface area contributed by atoms with Crippen LogP contribution in [0.5, 0.6) is 0 Å². The first-order chi connectivity index (χ1) is 8.43. The van der Waals surface area contributed by atoms with Gasteiger partial charge in [-0.3, -0.25) is 4.40 Å². The number of fused-ring (bicyclic) bond motifs is 1. The Bertz CT molecular complexity index is 677. The topological polar surface area (TPSA) is 51.4 Å². The van der Waals surface area contributed by atoms with E-state index in [4.69, 9.17) is 0 Å². The summed E-state index contributed by atoms with van der Waals surface area (Å²) in [5.41, 5.74) is 1.62. The van der Waals surface area contributed by atoms with Gasteiger partial charge in [-0.15, -0.1) is 0 Å². The Morgan fingerprint density at radius 3 is 2.72 bits per heavy atom. The van der Waals surface area contributed by atoms with E-state index in [2.05, 4.69) is 4.98 Å². The van der Waals surface area contributed by atoms with Crippen LogP contribution in [-0.2, 0) is 16.6 Å². The zero-order valence-corrected chi connectivity index (χ0v) is 11.2. The Labute approximate surface area is 106 Å². The van der Waals surface area contributed by atoms with Gasteiger partial charge >= 0.3 is 10.2 Å². The number of hydrogen-bond acceptors (Lipinski definition) is 3. The maximum Gasteiger partial charge on any atom is 0.350 e. The van der Waals surface area contributed by atoms with Crippen LogP contribution in [0.2, 0.25) is 0 Å². The molecule has 98 valence electrons. The highest BCUT2D eigenvalue weighted by atomic mass is 32.3. The maximum atomic E-state index is 13.4. The highest BCUT2D eigenvalue weighted by Gasteiger charge is 2.24. The molecule has 18 heavy (non-hydrogen) atoms. The number of unbranched alkanes of at least 4 members (excludes halogenated alkanes) is 1. The van der Waals surface area contributed by atoms with Crippen LogP contribution < -0.4 is 0 Å². The second kappa shape index (κ2) is 4.68. The molecule has 2 aromatic rings. The zero-order valence-electron chi connectivity index (χ0n) is 10.4. The minimum Gasteiger partial charge on any atom is -0.288 e. The van der Waals surface area contributed by atoms with Crippen LogP contribution in [0.1, 0.15) is 31.0 Å². The number of imidazole rings is 1. The zero-order chi connectivity index (χ0) is 13.3. The standard InChI is InChI=1S/C12H15FN2O2S/c1-3-4-5-10-12(18(13,16)17)15-8-9(2)6-7-11(15)14-10/h6-8H,3-5H2,1-2H3. The van der Waals surface area contributed by atoms with Crippen LogP contribution in [0, 0.1) is 6.92 Å². The quantitative estimate of drug-likeness (QED) is 0.802. The molecule has 2 aromatic heterocycles. The molecule has 0 saturated heterocycles. The lowest BCUT2D eigenvalue weighted by molar-refractivity contribution is 0.544. The van der Waals surface area contributed by atoms with Crippen molar-refractivity contribution in [3.05, 3.63) is 29.6 Å². The maximum absolute atomic E-state index is 13.4. The van der Waals surface area contributed by atoms with Crippen molar-refractivity contribution in [2.45, 2.75) is 38.1 Å². The summed E-state index contributed by atoms with van der Waals surface area (Å²) in [6.45, 7) is 3.81. The highest BCUT2D eigenvalue weighted by molar-refractivity contribution is 7.86. The number of nitrogens with zero attached hydrogens (tertiary/aromatic N) is 2. The summed E-state index contributed by atoms with van der Waals surface area (Å²) in [7, 11) is -4.76. The van der Waals surface area contributed by atoms with Gasteiger partial charge in [-0.25, -0.2) is 4.98 Å². The third-order valence-electron chi connectivity index (χ3n) is 2.79. The molecule has 6 heteroatoms. The predicted molar refractivity (Wildman–Crippen MR) is 66.8 cm³/mol. The Balaban J connectivity index is 2.70. The number of aromatic nitrogens is 2. The highest BCUT2D eigenvalue weighted by Crippen LogP contribution is 2.22. The van der Waals surface area contributed by atoms with Crippen LogP contribution in [-0.4, -0.2) is 17.8 Å². The van der Waals surface area contributed by atoms with Crippen molar-refractivity contribution in [3.63, 3.8) is 0 Å². The fraction of sp³-hybridized carbons (Fsp3) is 0.417. The Kier molecular flexibility index (Phi) is 3.38. The van der Waals surface area contributed by atoms with Gasteiger partial charge in [0.15, 0.2) is 5.03 Å². The van der Waals surface area contributed by atoms with Gasteiger partial charge in [0.2, 0.25) is 0 Å². The van der Waals surface area contributed by atoms with Gasteiger partial charge in [0.05, 0.1) is 5.69 Å². The molecule has 0 aliphatic rings. The molecule has 0 radical (unpaired) electrons. The number of rotatable bonds is 4. The second-order valence-corrected chi connectivity index (χ2v) is 5.60. The van der Waals surface area contributed by atoms with Gasteiger partial charge in [-0.2, -0.15) is 8.42 Å². The molecule has 0 unspecified atom stereocenters. The molecule has 0 aliphatic carbocycles. The summed E-state index contributed by atoms with van der Waals surface area (Å²) in [6, 6.07) is 3.51. The first-order valence-electron chi connectivity index (χ1n) is 5.85. The van der Waals surface area contributed by atoms with Crippen LogP contribution >= 0.6 is 0 Å². The van der Waals surface area contributed by atoms with Gasteiger partial charge in [0.1, 0.15) is 5.65 Å². The fourth-order valence-corrected chi connectivity index (χ4v) is 2.75. The van der Waals surface area contributed by atoms with E-state index in [0.717, 1.165) is 18.4 Å². The Hall–Kier alpha value is -1.43. The minimum absolute atomic E-state index is 0.310. The minimum atomic E-state index is -4.76. The molecule has 0 spiro atoms. The largest absolute Gasteiger partial charge is 0.350 e. The van der Waals surface area contributed by atoms with E-state index >= 15 is 0 Å². The normalized spacial score (nSPS) is 12.2. The summed E-state index contributed by atoms with van der Waals surface area (Å²) >= 11 is 0. The van der Waals surface area contributed by atoms with Crippen molar-refractivity contribution in [2.75, 3.05) is 0 Å². The second-order valence-electron chi connectivity index (χ2n) is 4.34. The molecule has 0 atom stereocenters. The van der Waals surface area contributed by atoms with Gasteiger partial charge in [0, 0.05) is 6.20 Å². The van der Waals surface area contributed by atoms with Crippen molar-refractivity contribution < 1.29 is 12.3 Å². The summed E-state index contributed by atoms with van der Waals surface area (Å²) < 4.78 is 37.3. The third kappa shape index (κ3) is 2.38. The molecule has 0 bridgehead atoms. The molecule has 2 rings (SSSR count). The summed E-state index contributed by atoms with van der Waals surface area (Å²) in [6.07, 6.45) is 3.74. The van der Waals surface area contributed by atoms with Crippen LogP contribution in [0.25, 0.3) is 5.65 Å². The molecule has 0 aliphatic heterocycles. The monoisotopic (exact) mass is 270 g/mol. The fourth-order valence-electron chi connectivity index (χ4n) is 1.94. The Morgan fingerprint density at radius 2 is 2.11 bits per heavy atom. The third-order valence-corrected chi connectivity index (χ3v) is 3.68. The summed E-state index contributed by atoms with van der Waals surface area (Å²) in [4.78, 5) is 4.20. The molecule has 2 heterocycles. The van der Waals surface area contributed by atoms with Gasteiger partial charge in [-0.1, -0.05) is 23.3 Å². The van der Waals surface area contributed by atoms with E-state index in [1.54, 1.807) is 12.3 Å². The molecular weight excluding hydrogens is 255 g/mol. The molecule has 0 N–H and O–H groups in total. The molecular formula is C12H15FN2O2S. The number of pyridine rings is 1. The van der Waals surface area contributed by atoms with Crippen molar-refractivity contribution in [2.24, 2.45) is 0 Å². The lowest BCUT2D eigenvalue weighted by atomic mass is 10.2. The van der Waals surface area contributed by atoms with Gasteiger partial charge in [0.25, 0.3) is 0 Å². The first kappa shape index (κ1) is 13.0. The van der Waals surface area contributed by atoms with Crippen LogP contribution in [0.3, 0.4) is 0 Å². The predicted octanol–water partition coefficient (Wildman–Crippen LogP) is 2.64. The smallest absolute Gasteiger partial charge is 0.288 e. The number of halogens is 1. The molecule has 0 fully saturated rings. The molecule has 0 saturated carbocycles. The van der Waals surface area contributed by atoms with E-state index < -0.39 is 10.2 Å². The van der Waals surface area contributed by atoms with E-state index in [1.807, 2.05) is 19.9 Å². The van der Waals surface area contributed by atoms with Crippen LogP contribution in [0.4, 0.5) is 3.89 Å².